The van der Waals surface area contributed by atoms with Gasteiger partial charge in [-0.3, -0.25) is 10.1 Å². The number of ether oxygens (including phenoxy) is 1. The Hall–Kier alpha value is -2.56. The van der Waals surface area contributed by atoms with E-state index in [1.807, 2.05) is 37.3 Å². The highest BCUT2D eigenvalue weighted by Crippen LogP contribution is 2.28. The van der Waals surface area contributed by atoms with E-state index in [2.05, 4.69) is 0 Å². The van der Waals surface area contributed by atoms with Crippen LogP contribution in [0.3, 0.4) is 0 Å². The number of benzene rings is 2. The molecular weight excluding hydrogens is 244 g/mol. The molecule has 0 aliphatic carbocycles. The van der Waals surface area contributed by atoms with Crippen molar-refractivity contribution < 1.29 is 9.66 Å². The molecule has 5 nitrogen and oxygen atoms in total. The maximum absolute atomic E-state index is 10.8. The summed E-state index contributed by atoms with van der Waals surface area (Å²) in [6, 6.07) is 13.9. The van der Waals surface area contributed by atoms with E-state index < -0.39 is 4.92 Å². The summed E-state index contributed by atoms with van der Waals surface area (Å²) in [6.45, 7) is 1.88. The molecule has 0 heterocycles. The van der Waals surface area contributed by atoms with Crippen LogP contribution in [-0.4, -0.2) is 4.92 Å². The van der Waals surface area contributed by atoms with Crippen molar-refractivity contribution in [2.75, 3.05) is 5.73 Å². The molecule has 1 unspecified atom stereocenters. The van der Waals surface area contributed by atoms with Crippen molar-refractivity contribution in [3.8, 4) is 5.75 Å². The third kappa shape index (κ3) is 3.22. The van der Waals surface area contributed by atoms with Crippen molar-refractivity contribution in [2.45, 2.75) is 13.0 Å². The van der Waals surface area contributed by atoms with Crippen molar-refractivity contribution in [3.05, 3.63) is 64.2 Å². The number of anilines is 1. The lowest BCUT2D eigenvalue weighted by Gasteiger charge is -2.15. The lowest BCUT2D eigenvalue weighted by molar-refractivity contribution is -0.384. The molecular formula is C14H14N2O3. The van der Waals surface area contributed by atoms with E-state index in [0.29, 0.717) is 11.4 Å². The largest absolute Gasteiger partial charge is 0.486 e. The molecule has 5 heteroatoms. The first-order chi connectivity index (χ1) is 9.06. The average molecular weight is 258 g/mol. The molecule has 2 aromatic rings. The number of nitrogen functional groups attached to an aromatic ring is 1. The quantitative estimate of drug-likeness (QED) is 0.518. The Morgan fingerprint density at radius 3 is 2.53 bits per heavy atom. The van der Waals surface area contributed by atoms with E-state index in [-0.39, 0.29) is 11.8 Å². The van der Waals surface area contributed by atoms with E-state index >= 15 is 0 Å². The molecule has 0 aliphatic heterocycles. The number of nitro benzene ring substituents is 1. The summed E-state index contributed by atoms with van der Waals surface area (Å²) < 4.78 is 5.69. The van der Waals surface area contributed by atoms with Crippen LogP contribution < -0.4 is 10.5 Å². The number of rotatable bonds is 4. The number of hydrogen-bond acceptors (Lipinski definition) is 4. The normalized spacial score (nSPS) is 11.8. The first-order valence-electron chi connectivity index (χ1n) is 5.83. The highest BCUT2D eigenvalue weighted by Gasteiger charge is 2.12. The van der Waals surface area contributed by atoms with E-state index in [1.54, 1.807) is 6.07 Å². The molecule has 0 aromatic heterocycles. The van der Waals surface area contributed by atoms with Crippen LogP contribution in [0.15, 0.2) is 48.5 Å². The van der Waals surface area contributed by atoms with E-state index in [9.17, 15) is 10.1 Å². The van der Waals surface area contributed by atoms with Crippen LogP contribution in [0.25, 0.3) is 0 Å². The highest BCUT2D eigenvalue weighted by atomic mass is 16.6. The van der Waals surface area contributed by atoms with Crippen molar-refractivity contribution in [3.63, 3.8) is 0 Å². The molecule has 0 amide bonds. The SMILES string of the molecule is CC(Oc1cc(N)cc([N+](=O)[O-])c1)c1ccccc1. The van der Waals surface area contributed by atoms with Gasteiger partial charge in [0.25, 0.3) is 5.69 Å². The van der Waals surface area contributed by atoms with Gasteiger partial charge in [-0.1, -0.05) is 30.3 Å². The molecule has 1 atom stereocenters. The van der Waals surface area contributed by atoms with Crippen molar-refractivity contribution in [1.82, 2.24) is 0 Å². The maximum atomic E-state index is 10.8. The second kappa shape index (κ2) is 5.39. The van der Waals surface area contributed by atoms with Crippen molar-refractivity contribution in [2.24, 2.45) is 0 Å². The van der Waals surface area contributed by atoms with Gasteiger partial charge in [-0.15, -0.1) is 0 Å². The molecule has 0 spiro atoms. The number of nitrogens with two attached hydrogens (primary N) is 1. The number of nitro groups is 1. The first kappa shape index (κ1) is 12.9. The second-order valence-electron chi connectivity index (χ2n) is 4.19. The van der Waals surface area contributed by atoms with Gasteiger partial charge >= 0.3 is 0 Å². The van der Waals surface area contributed by atoms with Gasteiger partial charge in [-0.05, 0) is 12.5 Å². The summed E-state index contributed by atoms with van der Waals surface area (Å²) in [5.41, 5.74) is 6.86. The zero-order chi connectivity index (χ0) is 13.8. The average Bonchev–Trinajstić information content (AvgIpc) is 2.39. The number of hydrogen-bond donors (Lipinski definition) is 1. The number of nitrogens with zero attached hydrogens (tertiary/aromatic N) is 1. The van der Waals surface area contributed by atoms with Crippen LogP contribution in [-0.2, 0) is 0 Å². The van der Waals surface area contributed by atoms with E-state index in [0.717, 1.165) is 5.56 Å². The van der Waals surface area contributed by atoms with Gasteiger partial charge in [0.05, 0.1) is 11.0 Å². The summed E-state index contributed by atoms with van der Waals surface area (Å²) in [7, 11) is 0. The van der Waals surface area contributed by atoms with E-state index in [4.69, 9.17) is 10.5 Å². The Kier molecular flexibility index (Phi) is 3.66. The molecule has 0 fully saturated rings. The molecule has 0 aliphatic rings. The Balaban J connectivity index is 2.21. The van der Waals surface area contributed by atoms with Gasteiger partial charge in [0.2, 0.25) is 0 Å². The summed E-state index contributed by atoms with van der Waals surface area (Å²) >= 11 is 0. The second-order valence-corrected chi connectivity index (χ2v) is 4.19. The fourth-order valence-electron chi connectivity index (χ4n) is 1.78. The lowest BCUT2D eigenvalue weighted by Crippen LogP contribution is -2.03. The molecule has 0 saturated heterocycles. The van der Waals surface area contributed by atoms with Crippen LogP contribution in [0, 0.1) is 10.1 Å². The molecule has 2 rings (SSSR count). The standard InChI is InChI=1S/C14H14N2O3/c1-10(11-5-3-2-4-6-11)19-14-8-12(15)7-13(9-14)16(17)18/h2-10H,15H2,1H3. The number of non-ortho nitro benzene ring substituents is 1. The van der Waals surface area contributed by atoms with Gasteiger partial charge in [0.15, 0.2) is 0 Å². The minimum Gasteiger partial charge on any atom is -0.486 e. The minimum absolute atomic E-state index is 0.0738. The monoisotopic (exact) mass is 258 g/mol. The molecule has 0 saturated carbocycles. The van der Waals surface area contributed by atoms with Crippen LogP contribution >= 0.6 is 0 Å². The smallest absolute Gasteiger partial charge is 0.275 e. The van der Waals surface area contributed by atoms with Crippen LogP contribution in [0.4, 0.5) is 11.4 Å². The third-order valence-corrected chi connectivity index (χ3v) is 2.71. The fraction of sp³-hybridized carbons (Fsp3) is 0.143. The summed E-state index contributed by atoms with van der Waals surface area (Å²) in [4.78, 5) is 10.3. The Morgan fingerprint density at radius 2 is 1.89 bits per heavy atom. The summed E-state index contributed by atoms with van der Waals surface area (Å²) in [6.07, 6.45) is -0.206. The van der Waals surface area contributed by atoms with Crippen molar-refractivity contribution >= 4 is 11.4 Å². The minimum atomic E-state index is -0.490. The lowest BCUT2D eigenvalue weighted by atomic mass is 10.1. The first-order valence-corrected chi connectivity index (χ1v) is 5.83. The van der Waals surface area contributed by atoms with Gasteiger partial charge < -0.3 is 10.5 Å². The predicted octanol–water partition coefficient (Wildman–Crippen LogP) is 3.32. The predicted molar refractivity (Wildman–Crippen MR) is 73.0 cm³/mol. The van der Waals surface area contributed by atoms with Gasteiger partial charge in [0, 0.05) is 17.8 Å². The molecule has 0 bridgehead atoms. The molecule has 2 N–H and O–H groups in total. The fourth-order valence-corrected chi connectivity index (χ4v) is 1.78. The van der Waals surface area contributed by atoms with Gasteiger partial charge in [0.1, 0.15) is 11.9 Å². The van der Waals surface area contributed by atoms with Gasteiger partial charge in [-0.2, -0.15) is 0 Å². The van der Waals surface area contributed by atoms with Crippen LogP contribution in [0.1, 0.15) is 18.6 Å². The maximum Gasteiger partial charge on any atom is 0.275 e. The van der Waals surface area contributed by atoms with Crippen LogP contribution in [0.5, 0.6) is 5.75 Å². The topological polar surface area (TPSA) is 78.4 Å². The Morgan fingerprint density at radius 1 is 1.21 bits per heavy atom. The van der Waals surface area contributed by atoms with Crippen molar-refractivity contribution in [1.29, 1.82) is 0 Å². The Bertz CT molecular complexity index is 584. The summed E-state index contributed by atoms with van der Waals surface area (Å²) in [5.74, 6) is 0.392. The van der Waals surface area contributed by atoms with Gasteiger partial charge in [-0.25, -0.2) is 0 Å². The zero-order valence-electron chi connectivity index (χ0n) is 10.4. The molecule has 0 radical (unpaired) electrons. The van der Waals surface area contributed by atoms with Crippen LogP contribution in [0.2, 0.25) is 0 Å². The molecule has 19 heavy (non-hydrogen) atoms. The zero-order valence-corrected chi connectivity index (χ0v) is 10.4. The third-order valence-electron chi connectivity index (χ3n) is 2.71. The summed E-state index contributed by atoms with van der Waals surface area (Å²) in [5, 5.41) is 10.8. The Labute approximate surface area is 110 Å². The molecule has 2 aromatic carbocycles. The highest BCUT2D eigenvalue weighted by molar-refractivity contribution is 5.53. The van der Waals surface area contributed by atoms with E-state index in [1.165, 1.54) is 12.1 Å². The molecule has 98 valence electrons.